The van der Waals surface area contributed by atoms with Crippen molar-refractivity contribution in [1.29, 1.82) is 0 Å². The maximum atomic E-state index is 10.4. The van der Waals surface area contributed by atoms with Gasteiger partial charge in [-0.15, -0.1) is 0 Å². The number of methoxy groups -OCH3 is 1. The fourth-order valence-corrected chi connectivity index (χ4v) is 3.43. The lowest BCUT2D eigenvalue weighted by Crippen LogP contribution is -2.05. The smallest absolute Gasteiger partial charge is 0.200 e. The van der Waals surface area contributed by atoms with Gasteiger partial charge in [0.15, 0.2) is 10.6 Å². The Bertz CT molecular complexity index is 1070. The summed E-state index contributed by atoms with van der Waals surface area (Å²) in [4.78, 5) is 0. The topological polar surface area (TPSA) is 88.2 Å². The summed E-state index contributed by atoms with van der Waals surface area (Å²) in [5, 5.41) is 27.8. The van der Waals surface area contributed by atoms with Gasteiger partial charge in [0.2, 0.25) is 0 Å². The summed E-state index contributed by atoms with van der Waals surface area (Å²) >= 11 is 5.49. The van der Waals surface area contributed by atoms with Crippen molar-refractivity contribution in [2.45, 2.75) is 19.9 Å². The molecule has 0 aliphatic carbocycles. The molecule has 3 rings (SSSR count). The van der Waals surface area contributed by atoms with Crippen LogP contribution in [0, 0.1) is 4.77 Å². The maximum absolute atomic E-state index is 10.4. The van der Waals surface area contributed by atoms with Crippen LogP contribution in [0.5, 0.6) is 0 Å². The average molecular weight is 401 g/mol. The number of aliphatic hydroxyl groups excluding tert-OH is 2. The number of hydrogen-bond acceptors (Lipinski definition) is 5. The highest BCUT2D eigenvalue weighted by Crippen LogP contribution is 2.28. The van der Waals surface area contributed by atoms with Crippen molar-refractivity contribution < 1.29 is 14.9 Å². The SMILES string of the molecule is CC/C=C(\C(O)=C/CO)c1n[nH]c(=S)n1-c1cccc2c1ccn2CCOC. The highest BCUT2D eigenvalue weighted by atomic mass is 32.1. The van der Waals surface area contributed by atoms with E-state index in [4.69, 9.17) is 17.0 Å². The van der Waals surface area contributed by atoms with E-state index in [0.29, 0.717) is 29.2 Å². The summed E-state index contributed by atoms with van der Waals surface area (Å²) in [7, 11) is 1.68. The summed E-state index contributed by atoms with van der Waals surface area (Å²) in [6.07, 6.45) is 5.90. The summed E-state index contributed by atoms with van der Waals surface area (Å²) < 4.78 is 9.54. The number of aromatic nitrogens is 4. The minimum Gasteiger partial charge on any atom is -0.507 e. The molecule has 0 aliphatic rings. The largest absolute Gasteiger partial charge is 0.507 e. The van der Waals surface area contributed by atoms with Crippen molar-refractivity contribution in [2.24, 2.45) is 0 Å². The lowest BCUT2D eigenvalue weighted by molar-refractivity contribution is 0.188. The molecule has 0 bridgehead atoms. The third-order valence-electron chi connectivity index (χ3n) is 4.45. The first-order valence-electron chi connectivity index (χ1n) is 9.07. The average Bonchev–Trinajstić information content (AvgIpc) is 3.28. The second-order valence-electron chi connectivity index (χ2n) is 6.20. The van der Waals surface area contributed by atoms with Gasteiger partial charge in [-0.1, -0.05) is 19.1 Å². The van der Waals surface area contributed by atoms with E-state index < -0.39 is 0 Å². The number of allylic oxidation sites excluding steroid dienone is 2. The zero-order chi connectivity index (χ0) is 20.1. The maximum Gasteiger partial charge on any atom is 0.200 e. The van der Waals surface area contributed by atoms with Crippen LogP contribution >= 0.6 is 12.2 Å². The van der Waals surface area contributed by atoms with Crippen LogP contribution in [0.2, 0.25) is 0 Å². The molecule has 1 aromatic carbocycles. The molecule has 0 unspecified atom stereocenters. The van der Waals surface area contributed by atoms with Crippen molar-refractivity contribution in [2.75, 3.05) is 20.3 Å². The highest BCUT2D eigenvalue weighted by Gasteiger charge is 2.18. The van der Waals surface area contributed by atoms with E-state index in [1.54, 1.807) is 11.7 Å². The number of benzene rings is 1. The zero-order valence-electron chi connectivity index (χ0n) is 15.9. The van der Waals surface area contributed by atoms with Crippen molar-refractivity contribution in [3.63, 3.8) is 0 Å². The summed E-state index contributed by atoms with van der Waals surface area (Å²) in [6.45, 7) is 3.06. The molecule has 0 amide bonds. The standard InChI is InChI=1S/C20H24N4O3S/c1-3-5-15(18(26)9-12-25)19-21-22-20(28)24(19)17-7-4-6-16-14(17)8-10-23(16)11-13-27-2/h4-10,25-26H,3,11-13H2,1-2H3,(H,22,28)/b15-5+,18-9+. The van der Waals surface area contributed by atoms with Crippen LogP contribution in [0.15, 0.2) is 48.4 Å². The number of nitrogens with one attached hydrogen (secondary N) is 1. The Kier molecular flexibility index (Phi) is 6.45. The van der Waals surface area contributed by atoms with Crippen LogP contribution < -0.4 is 0 Å². The molecule has 7 nitrogen and oxygen atoms in total. The first-order chi connectivity index (χ1) is 13.6. The van der Waals surface area contributed by atoms with Gasteiger partial charge in [0.05, 0.1) is 30.0 Å². The summed E-state index contributed by atoms with van der Waals surface area (Å²) in [5.41, 5.74) is 2.43. The Morgan fingerprint density at radius 2 is 2.14 bits per heavy atom. The second-order valence-corrected chi connectivity index (χ2v) is 6.58. The van der Waals surface area contributed by atoms with E-state index in [2.05, 4.69) is 14.8 Å². The van der Waals surface area contributed by atoms with Crippen LogP contribution in [0.4, 0.5) is 0 Å². The predicted molar refractivity (Wildman–Crippen MR) is 112 cm³/mol. The molecular weight excluding hydrogens is 376 g/mol. The number of aromatic amines is 1. The third kappa shape index (κ3) is 3.80. The third-order valence-corrected chi connectivity index (χ3v) is 4.72. The molecule has 0 saturated carbocycles. The molecule has 0 saturated heterocycles. The first-order valence-corrected chi connectivity index (χ1v) is 9.48. The van der Waals surface area contributed by atoms with Crippen LogP contribution in [0.3, 0.4) is 0 Å². The molecule has 8 heteroatoms. The van der Waals surface area contributed by atoms with E-state index in [-0.39, 0.29) is 12.4 Å². The lowest BCUT2D eigenvalue weighted by atomic mass is 10.1. The molecule has 0 fully saturated rings. The highest BCUT2D eigenvalue weighted by molar-refractivity contribution is 7.71. The van der Waals surface area contributed by atoms with E-state index in [9.17, 15) is 10.2 Å². The van der Waals surface area contributed by atoms with Crippen LogP contribution in [0.25, 0.3) is 22.2 Å². The van der Waals surface area contributed by atoms with Crippen LogP contribution in [0.1, 0.15) is 19.2 Å². The number of aliphatic hydroxyl groups is 2. The monoisotopic (exact) mass is 400 g/mol. The molecule has 148 valence electrons. The van der Waals surface area contributed by atoms with Crippen LogP contribution in [-0.4, -0.2) is 49.9 Å². The fraction of sp³-hybridized carbons (Fsp3) is 0.300. The van der Waals surface area contributed by atoms with Gasteiger partial charge in [-0.05, 0) is 42.9 Å². The summed E-state index contributed by atoms with van der Waals surface area (Å²) in [5.74, 6) is 0.454. The van der Waals surface area contributed by atoms with Crippen molar-refractivity contribution >= 4 is 28.7 Å². The minimum atomic E-state index is -0.268. The Morgan fingerprint density at radius 1 is 1.32 bits per heavy atom. The molecule has 28 heavy (non-hydrogen) atoms. The van der Waals surface area contributed by atoms with Crippen LogP contribution in [-0.2, 0) is 11.3 Å². The molecule has 0 aliphatic heterocycles. The Labute approximate surface area is 168 Å². The Hall–Kier alpha value is -2.68. The lowest BCUT2D eigenvalue weighted by Gasteiger charge is -2.12. The fourth-order valence-electron chi connectivity index (χ4n) is 3.20. The number of rotatable bonds is 8. The van der Waals surface area contributed by atoms with E-state index in [0.717, 1.165) is 23.1 Å². The molecule has 2 heterocycles. The molecule has 2 aromatic heterocycles. The Morgan fingerprint density at radius 3 is 2.86 bits per heavy atom. The van der Waals surface area contributed by atoms with E-state index in [1.807, 2.05) is 43.5 Å². The predicted octanol–water partition coefficient (Wildman–Crippen LogP) is 3.76. The Balaban J connectivity index is 2.20. The van der Waals surface area contributed by atoms with Gasteiger partial charge < -0.3 is 19.5 Å². The van der Waals surface area contributed by atoms with E-state index in [1.165, 1.54) is 6.08 Å². The normalized spacial score (nSPS) is 12.8. The number of hydrogen-bond donors (Lipinski definition) is 3. The number of H-pyrrole nitrogens is 1. The molecule has 3 aromatic rings. The van der Waals surface area contributed by atoms with E-state index >= 15 is 0 Å². The zero-order valence-corrected chi connectivity index (χ0v) is 16.7. The number of nitrogens with zero attached hydrogens (tertiary/aromatic N) is 3. The first kappa shape index (κ1) is 20.1. The van der Waals surface area contributed by atoms with Gasteiger partial charge >= 0.3 is 0 Å². The molecule has 3 N–H and O–H groups in total. The number of ether oxygens (including phenoxy) is 1. The quantitative estimate of drug-likeness (QED) is 0.304. The second kappa shape index (κ2) is 9.01. The molecule has 0 radical (unpaired) electrons. The van der Waals surface area contributed by atoms with Gasteiger partial charge in [-0.2, -0.15) is 5.10 Å². The minimum absolute atomic E-state index is 0.0376. The summed E-state index contributed by atoms with van der Waals surface area (Å²) in [6, 6.07) is 8.01. The van der Waals surface area contributed by atoms with Gasteiger partial charge in [-0.25, -0.2) is 0 Å². The van der Waals surface area contributed by atoms with Gasteiger partial charge in [0, 0.05) is 25.2 Å². The van der Waals surface area contributed by atoms with Gasteiger partial charge in [0.1, 0.15) is 5.76 Å². The van der Waals surface area contributed by atoms with Gasteiger partial charge in [0.25, 0.3) is 0 Å². The molecular formula is C20H24N4O3S. The van der Waals surface area contributed by atoms with Crippen molar-refractivity contribution in [3.8, 4) is 5.69 Å². The molecule has 0 spiro atoms. The number of fused-ring (bicyclic) bond motifs is 1. The van der Waals surface area contributed by atoms with Gasteiger partial charge in [-0.3, -0.25) is 9.67 Å². The van der Waals surface area contributed by atoms with Crippen molar-refractivity contribution in [1.82, 2.24) is 19.3 Å². The van der Waals surface area contributed by atoms with Crippen molar-refractivity contribution in [3.05, 3.63) is 59.0 Å². The molecule has 0 atom stereocenters.